The van der Waals surface area contributed by atoms with Crippen LogP contribution in [0.4, 0.5) is 14.5 Å². The van der Waals surface area contributed by atoms with Gasteiger partial charge in [-0.2, -0.15) is 13.9 Å². The predicted molar refractivity (Wildman–Crippen MR) is 93.9 cm³/mol. The molecule has 140 valence electrons. The smallest absolute Gasteiger partial charge is 0.388 e. The Morgan fingerprint density at radius 3 is 2.54 bits per heavy atom. The minimum absolute atomic E-state index is 0.114. The summed E-state index contributed by atoms with van der Waals surface area (Å²) in [5.41, 5.74) is 3.78. The number of anilines is 1. The standard InChI is InChI=1S/C18H22F2N4O2/c1-12-5-4-6-15(13(12)2)23-7-9-24(10-8-23)17(25)14-11-16(22(3)21-14)26-18(19)20/h4-6,11,18H,7-10H2,1-3H3. The predicted octanol–water partition coefficient (Wildman–Crippen LogP) is 2.60. The highest BCUT2D eigenvalue weighted by molar-refractivity contribution is 5.92. The molecule has 6 nitrogen and oxygen atoms in total. The summed E-state index contributed by atoms with van der Waals surface area (Å²) in [6.45, 7) is 3.75. The zero-order valence-corrected chi connectivity index (χ0v) is 15.1. The quantitative estimate of drug-likeness (QED) is 0.837. The van der Waals surface area contributed by atoms with Crippen LogP contribution >= 0.6 is 0 Å². The SMILES string of the molecule is Cc1cccc(N2CCN(C(=O)c3cc(OC(F)F)n(C)n3)CC2)c1C. The van der Waals surface area contributed by atoms with Gasteiger partial charge in [-0.05, 0) is 31.0 Å². The van der Waals surface area contributed by atoms with Gasteiger partial charge in [0.2, 0.25) is 5.88 Å². The van der Waals surface area contributed by atoms with Gasteiger partial charge in [-0.1, -0.05) is 12.1 Å². The molecule has 1 aliphatic rings. The highest BCUT2D eigenvalue weighted by Gasteiger charge is 2.26. The summed E-state index contributed by atoms with van der Waals surface area (Å²) in [5.74, 6) is -0.400. The van der Waals surface area contributed by atoms with E-state index in [-0.39, 0.29) is 17.5 Å². The summed E-state index contributed by atoms with van der Waals surface area (Å²) in [7, 11) is 1.47. The lowest BCUT2D eigenvalue weighted by Gasteiger charge is -2.36. The molecule has 3 rings (SSSR count). The molecule has 0 bridgehead atoms. The van der Waals surface area contributed by atoms with Crippen LogP contribution in [0.2, 0.25) is 0 Å². The number of piperazine rings is 1. The molecular formula is C18H22F2N4O2. The van der Waals surface area contributed by atoms with Crippen molar-refractivity contribution in [3.05, 3.63) is 41.1 Å². The van der Waals surface area contributed by atoms with E-state index in [0.717, 1.165) is 4.68 Å². The van der Waals surface area contributed by atoms with Gasteiger partial charge in [0.15, 0.2) is 5.69 Å². The number of nitrogens with zero attached hydrogens (tertiary/aromatic N) is 4. The molecule has 26 heavy (non-hydrogen) atoms. The third-order valence-electron chi connectivity index (χ3n) is 4.75. The summed E-state index contributed by atoms with van der Waals surface area (Å²) < 4.78 is 30.2. The third kappa shape index (κ3) is 3.63. The lowest BCUT2D eigenvalue weighted by molar-refractivity contribution is -0.0553. The lowest BCUT2D eigenvalue weighted by Crippen LogP contribution is -2.49. The van der Waals surface area contributed by atoms with Gasteiger partial charge < -0.3 is 14.5 Å². The monoisotopic (exact) mass is 364 g/mol. The second-order valence-electron chi connectivity index (χ2n) is 6.37. The number of ether oxygens (including phenoxy) is 1. The minimum Gasteiger partial charge on any atom is -0.417 e. The number of hydrogen-bond donors (Lipinski definition) is 0. The number of carbonyl (C=O) groups is 1. The van der Waals surface area contributed by atoms with Crippen molar-refractivity contribution < 1.29 is 18.3 Å². The summed E-state index contributed by atoms with van der Waals surface area (Å²) in [4.78, 5) is 16.6. The van der Waals surface area contributed by atoms with Gasteiger partial charge in [0, 0.05) is 45.0 Å². The van der Waals surface area contributed by atoms with E-state index in [4.69, 9.17) is 0 Å². The average Bonchev–Trinajstić information content (AvgIpc) is 2.97. The summed E-state index contributed by atoms with van der Waals surface area (Å²) in [6, 6.07) is 7.46. The van der Waals surface area contributed by atoms with Gasteiger partial charge in [0.1, 0.15) is 0 Å². The molecule has 1 fully saturated rings. The molecule has 0 spiro atoms. The van der Waals surface area contributed by atoms with E-state index in [0.29, 0.717) is 26.2 Å². The molecule has 1 aromatic carbocycles. The van der Waals surface area contributed by atoms with E-state index in [9.17, 15) is 13.6 Å². The fourth-order valence-electron chi connectivity index (χ4n) is 3.15. The fourth-order valence-corrected chi connectivity index (χ4v) is 3.15. The van der Waals surface area contributed by atoms with Crippen molar-refractivity contribution in [1.29, 1.82) is 0 Å². The number of rotatable bonds is 4. The number of halogens is 2. The molecule has 0 N–H and O–H groups in total. The van der Waals surface area contributed by atoms with Crippen molar-refractivity contribution in [3.63, 3.8) is 0 Å². The molecule has 2 aromatic rings. The van der Waals surface area contributed by atoms with E-state index in [1.807, 2.05) is 6.07 Å². The summed E-state index contributed by atoms with van der Waals surface area (Å²) in [6.07, 6.45) is 0. The molecule has 1 aliphatic heterocycles. The first-order valence-corrected chi connectivity index (χ1v) is 8.46. The van der Waals surface area contributed by atoms with Crippen LogP contribution in [0.5, 0.6) is 5.88 Å². The van der Waals surface area contributed by atoms with Crippen LogP contribution in [0.15, 0.2) is 24.3 Å². The van der Waals surface area contributed by atoms with Crippen LogP contribution < -0.4 is 9.64 Å². The maximum atomic E-state index is 12.6. The highest BCUT2D eigenvalue weighted by atomic mass is 19.3. The van der Waals surface area contributed by atoms with Gasteiger partial charge in [-0.15, -0.1) is 0 Å². The van der Waals surface area contributed by atoms with Crippen molar-refractivity contribution >= 4 is 11.6 Å². The van der Waals surface area contributed by atoms with Crippen molar-refractivity contribution in [3.8, 4) is 5.88 Å². The zero-order chi connectivity index (χ0) is 18.8. The molecule has 0 radical (unpaired) electrons. The van der Waals surface area contributed by atoms with E-state index in [2.05, 4.69) is 40.7 Å². The molecule has 0 saturated carbocycles. The Morgan fingerprint density at radius 1 is 1.19 bits per heavy atom. The number of hydrogen-bond acceptors (Lipinski definition) is 4. The van der Waals surface area contributed by atoms with E-state index >= 15 is 0 Å². The van der Waals surface area contributed by atoms with Crippen LogP contribution in [-0.4, -0.2) is 53.4 Å². The molecule has 1 amide bonds. The van der Waals surface area contributed by atoms with Gasteiger partial charge in [0.05, 0.1) is 0 Å². The zero-order valence-electron chi connectivity index (χ0n) is 15.1. The molecule has 0 aliphatic carbocycles. The topological polar surface area (TPSA) is 50.6 Å². The largest absolute Gasteiger partial charge is 0.417 e. The van der Waals surface area contributed by atoms with Crippen LogP contribution in [0.25, 0.3) is 0 Å². The molecular weight excluding hydrogens is 342 g/mol. The Balaban J connectivity index is 1.66. The fraction of sp³-hybridized carbons (Fsp3) is 0.444. The third-order valence-corrected chi connectivity index (χ3v) is 4.75. The second-order valence-corrected chi connectivity index (χ2v) is 6.37. The van der Waals surface area contributed by atoms with Crippen molar-refractivity contribution in [2.45, 2.75) is 20.5 Å². The van der Waals surface area contributed by atoms with Crippen molar-refractivity contribution in [1.82, 2.24) is 14.7 Å². The molecule has 2 heterocycles. The van der Waals surface area contributed by atoms with Gasteiger partial charge in [-0.3, -0.25) is 4.79 Å². The van der Waals surface area contributed by atoms with Crippen LogP contribution in [0.1, 0.15) is 21.6 Å². The van der Waals surface area contributed by atoms with Gasteiger partial charge in [0.25, 0.3) is 5.91 Å². The van der Waals surface area contributed by atoms with E-state index in [1.54, 1.807) is 4.90 Å². The van der Waals surface area contributed by atoms with E-state index < -0.39 is 6.61 Å². The minimum atomic E-state index is -2.95. The van der Waals surface area contributed by atoms with Crippen molar-refractivity contribution in [2.75, 3.05) is 31.1 Å². The van der Waals surface area contributed by atoms with Gasteiger partial charge >= 0.3 is 6.61 Å². The van der Waals surface area contributed by atoms with Crippen LogP contribution in [0.3, 0.4) is 0 Å². The number of aromatic nitrogens is 2. The Morgan fingerprint density at radius 2 is 1.88 bits per heavy atom. The molecule has 1 saturated heterocycles. The highest BCUT2D eigenvalue weighted by Crippen LogP contribution is 2.24. The number of benzene rings is 1. The summed E-state index contributed by atoms with van der Waals surface area (Å²) >= 11 is 0. The van der Waals surface area contributed by atoms with Gasteiger partial charge in [-0.25, -0.2) is 4.68 Å². The maximum Gasteiger partial charge on any atom is 0.388 e. The number of amides is 1. The van der Waals surface area contributed by atoms with Crippen LogP contribution in [0, 0.1) is 13.8 Å². The lowest BCUT2D eigenvalue weighted by atomic mass is 10.1. The number of alkyl halides is 2. The normalized spacial score (nSPS) is 14.8. The van der Waals surface area contributed by atoms with Crippen LogP contribution in [-0.2, 0) is 7.05 Å². The Bertz CT molecular complexity index is 798. The molecule has 0 unspecified atom stereocenters. The maximum absolute atomic E-state index is 12.6. The first-order chi connectivity index (χ1) is 12.4. The number of carbonyl (C=O) groups excluding carboxylic acids is 1. The Kier molecular flexibility index (Phi) is 5.11. The molecule has 0 atom stereocenters. The van der Waals surface area contributed by atoms with E-state index in [1.165, 1.54) is 29.9 Å². The average molecular weight is 364 g/mol. The summed E-state index contributed by atoms with van der Waals surface area (Å²) in [5, 5.41) is 4.00. The molecule has 8 heteroatoms. The Hall–Kier alpha value is -2.64. The first-order valence-electron chi connectivity index (χ1n) is 8.46. The first kappa shape index (κ1) is 18.2. The number of aryl methyl sites for hydroxylation is 2. The van der Waals surface area contributed by atoms with Crippen molar-refractivity contribution in [2.24, 2.45) is 7.05 Å². The second kappa shape index (κ2) is 7.31. The Labute approximate surface area is 151 Å². The molecule has 1 aromatic heterocycles.